The van der Waals surface area contributed by atoms with Gasteiger partial charge in [0, 0.05) is 12.5 Å². The molecule has 2 rings (SSSR count). The summed E-state index contributed by atoms with van der Waals surface area (Å²) in [5, 5.41) is 3.79. The number of aromatic nitrogens is 2. The lowest BCUT2D eigenvalue weighted by molar-refractivity contribution is 0.0619. The van der Waals surface area contributed by atoms with Gasteiger partial charge in [-0.1, -0.05) is 30.8 Å². The van der Waals surface area contributed by atoms with Crippen LogP contribution >= 0.6 is 0 Å². The van der Waals surface area contributed by atoms with Crippen LogP contribution in [0.1, 0.15) is 50.2 Å². The van der Waals surface area contributed by atoms with E-state index in [0.717, 1.165) is 12.8 Å². The van der Waals surface area contributed by atoms with Gasteiger partial charge in [0.15, 0.2) is 5.82 Å². The smallest absolute Gasteiger partial charge is 0.223 e. The second kappa shape index (κ2) is 5.60. The van der Waals surface area contributed by atoms with Crippen molar-refractivity contribution in [2.45, 2.75) is 57.6 Å². The highest BCUT2D eigenvalue weighted by Gasteiger charge is 2.26. The average molecular weight is 239 g/mol. The molecule has 1 aromatic heterocycles. The van der Waals surface area contributed by atoms with Crippen molar-refractivity contribution < 1.29 is 9.26 Å². The Morgan fingerprint density at radius 3 is 2.59 bits per heavy atom. The molecule has 0 unspecified atom stereocenters. The first-order chi connectivity index (χ1) is 8.18. The maximum Gasteiger partial charge on any atom is 0.223 e. The van der Waals surface area contributed by atoms with E-state index in [4.69, 9.17) is 15.0 Å². The second-order valence-electron chi connectivity index (χ2n) is 5.00. The van der Waals surface area contributed by atoms with Gasteiger partial charge < -0.3 is 15.0 Å². The van der Waals surface area contributed by atoms with Gasteiger partial charge in [0.2, 0.25) is 5.89 Å². The van der Waals surface area contributed by atoms with E-state index in [1.165, 1.54) is 25.7 Å². The van der Waals surface area contributed by atoms with Gasteiger partial charge in [-0.15, -0.1) is 0 Å². The van der Waals surface area contributed by atoms with Crippen LogP contribution in [0.4, 0.5) is 0 Å². The zero-order valence-electron chi connectivity index (χ0n) is 10.4. The van der Waals surface area contributed by atoms with Gasteiger partial charge in [-0.25, -0.2) is 0 Å². The molecular formula is C12H21N3O2. The number of hydrogen-bond acceptors (Lipinski definition) is 5. The van der Waals surface area contributed by atoms with E-state index in [1.807, 2.05) is 0 Å². The number of aryl methyl sites for hydroxylation is 1. The van der Waals surface area contributed by atoms with Crippen molar-refractivity contribution >= 4 is 0 Å². The van der Waals surface area contributed by atoms with Crippen LogP contribution in [0.3, 0.4) is 0 Å². The fourth-order valence-electron chi connectivity index (χ4n) is 2.32. The molecule has 1 fully saturated rings. The first-order valence-corrected chi connectivity index (χ1v) is 6.34. The highest BCUT2D eigenvalue weighted by atomic mass is 16.5. The van der Waals surface area contributed by atoms with Gasteiger partial charge in [-0.2, -0.15) is 4.98 Å². The number of nitrogens with two attached hydrogens (primary N) is 1. The Labute approximate surface area is 102 Å². The summed E-state index contributed by atoms with van der Waals surface area (Å²) in [5.74, 6) is 1.17. The number of nitrogens with zero attached hydrogens (tertiary/aromatic N) is 2. The van der Waals surface area contributed by atoms with E-state index in [9.17, 15) is 0 Å². The molecule has 1 aromatic rings. The highest BCUT2D eigenvalue weighted by Crippen LogP contribution is 2.25. The first-order valence-electron chi connectivity index (χ1n) is 6.34. The van der Waals surface area contributed by atoms with Crippen molar-refractivity contribution in [1.82, 2.24) is 10.1 Å². The molecule has 5 nitrogen and oxygen atoms in total. The maximum absolute atomic E-state index is 6.34. The summed E-state index contributed by atoms with van der Waals surface area (Å²) in [6.45, 7) is 2.74. The molecule has 5 heteroatoms. The standard InChI is InChI=1S/C12H21N3O2/c1-10-14-11(15-17-10)8-16-9-12(13)6-4-2-3-5-7-12/h2-9,13H2,1H3. The van der Waals surface area contributed by atoms with Gasteiger partial charge in [-0.3, -0.25) is 0 Å². The van der Waals surface area contributed by atoms with Gasteiger partial charge in [0.1, 0.15) is 6.61 Å². The lowest BCUT2D eigenvalue weighted by Gasteiger charge is -2.27. The minimum Gasteiger partial charge on any atom is -0.371 e. The molecule has 1 aliphatic rings. The lowest BCUT2D eigenvalue weighted by Crippen LogP contribution is -2.43. The van der Waals surface area contributed by atoms with Gasteiger partial charge >= 0.3 is 0 Å². The molecule has 2 N–H and O–H groups in total. The predicted molar refractivity (Wildman–Crippen MR) is 63.3 cm³/mol. The third-order valence-corrected chi connectivity index (χ3v) is 3.29. The van der Waals surface area contributed by atoms with Crippen LogP contribution in [-0.2, 0) is 11.3 Å². The van der Waals surface area contributed by atoms with Crippen molar-refractivity contribution in [3.05, 3.63) is 11.7 Å². The maximum atomic E-state index is 6.34. The van der Waals surface area contributed by atoms with E-state index >= 15 is 0 Å². The topological polar surface area (TPSA) is 74.2 Å². The van der Waals surface area contributed by atoms with E-state index in [0.29, 0.717) is 24.9 Å². The largest absolute Gasteiger partial charge is 0.371 e. The quantitative estimate of drug-likeness (QED) is 0.813. The number of ether oxygens (including phenoxy) is 1. The zero-order chi connectivity index (χ0) is 12.1. The Hall–Kier alpha value is -0.940. The zero-order valence-corrected chi connectivity index (χ0v) is 10.4. The summed E-state index contributed by atoms with van der Waals surface area (Å²) in [7, 11) is 0. The third kappa shape index (κ3) is 3.78. The molecule has 17 heavy (non-hydrogen) atoms. The highest BCUT2D eigenvalue weighted by molar-refractivity contribution is 4.87. The normalized spacial score (nSPS) is 20.1. The molecule has 0 atom stereocenters. The molecule has 1 aliphatic carbocycles. The fourth-order valence-corrected chi connectivity index (χ4v) is 2.32. The molecule has 0 bridgehead atoms. The van der Waals surface area contributed by atoms with Crippen molar-refractivity contribution in [2.75, 3.05) is 6.61 Å². The minimum absolute atomic E-state index is 0.157. The average Bonchev–Trinajstić information content (AvgIpc) is 2.58. The van der Waals surface area contributed by atoms with Crippen LogP contribution in [0.2, 0.25) is 0 Å². The summed E-state index contributed by atoms with van der Waals surface area (Å²) in [6, 6.07) is 0. The van der Waals surface area contributed by atoms with Gasteiger partial charge in [0.25, 0.3) is 0 Å². The summed E-state index contributed by atoms with van der Waals surface area (Å²) in [5.41, 5.74) is 6.18. The Balaban J connectivity index is 1.76. The second-order valence-corrected chi connectivity index (χ2v) is 5.00. The first kappa shape index (κ1) is 12.5. The Bertz CT molecular complexity index is 343. The minimum atomic E-state index is -0.157. The predicted octanol–water partition coefficient (Wildman–Crippen LogP) is 1.95. The Kier molecular flexibility index (Phi) is 4.12. The van der Waals surface area contributed by atoms with Gasteiger partial charge in [0.05, 0.1) is 6.61 Å². The van der Waals surface area contributed by atoms with Crippen LogP contribution in [0.25, 0.3) is 0 Å². The molecule has 0 aliphatic heterocycles. The van der Waals surface area contributed by atoms with Crippen LogP contribution in [0.5, 0.6) is 0 Å². The molecule has 0 aromatic carbocycles. The summed E-state index contributed by atoms with van der Waals surface area (Å²) in [4.78, 5) is 4.09. The molecule has 1 saturated carbocycles. The van der Waals surface area contributed by atoms with Crippen LogP contribution < -0.4 is 5.73 Å². The van der Waals surface area contributed by atoms with Crippen molar-refractivity contribution in [3.8, 4) is 0 Å². The lowest BCUT2D eigenvalue weighted by atomic mass is 9.93. The van der Waals surface area contributed by atoms with E-state index in [-0.39, 0.29) is 5.54 Å². The molecular weight excluding hydrogens is 218 g/mol. The Morgan fingerprint density at radius 2 is 2.00 bits per heavy atom. The van der Waals surface area contributed by atoms with Crippen LogP contribution in [0.15, 0.2) is 4.52 Å². The molecule has 96 valence electrons. The molecule has 1 heterocycles. The monoisotopic (exact) mass is 239 g/mol. The molecule has 0 saturated heterocycles. The van der Waals surface area contributed by atoms with Crippen molar-refractivity contribution in [1.29, 1.82) is 0 Å². The fraction of sp³-hybridized carbons (Fsp3) is 0.833. The van der Waals surface area contributed by atoms with Crippen molar-refractivity contribution in [2.24, 2.45) is 5.73 Å². The molecule has 0 spiro atoms. The summed E-state index contributed by atoms with van der Waals surface area (Å²) < 4.78 is 10.5. The summed E-state index contributed by atoms with van der Waals surface area (Å²) in [6.07, 6.45) is 7.12. The molecule has 0 amide bonds. The number of rotatable bonds is 4. The van der Waals surface area contributed by atoms with Crippen molar-refractivity contribution in [3.63, 3.8) is 0 Å². The van der Waals surface area contributed by atoms with Crippen LogP contribution in [-0.4, -0.2) is 22.3 Å². The third-order valence-electron chi connectivity index (χ3n) is 3.29. The van der Waals surface area contributed by atoms with Gasteiger partial charge in [-0.05, 0) is 12.8 Å². The van der Waals surface area contributed by atoms with E-state index in [2.05, 4.69) is 10.1 Å². The SMILES string of the molecule is Cc1nc(COCC2(N)CCCCCC2)no1. The van der Waals surface area contributed by atoms with E-state index in [1.54, 1.807) is 6.92 Å². The van der Waals surface area contributed by atoms with E-state index < -0.39 is 0 Å². The molecule has 0 radical (unpaired) electrons. The Morgan fingerprint density at radius 1 is 1.29 bits per heavy atom. The van der Waals surface area contributed by atoms with Crippen LogP contribution in [0, 0.1) is 6.92 Å². The summed E-state index contributed by atoms with van der Waals surface area (Å²) >= 11 is 0. The number of hydrogen-bond donors (Lipinski definition) is 1.